The number of hydrogen-bond acceptors (Lipinski definition) is 10. The lowest BCUT2D eigenvalue weighted by molar-refractivity contribution is -0.0802. The number of aliphatic hydroxyl groups excluding tert-OH is 4. The molecule has 0 aliphatic carbocycles. The highest BCUT2D eigenvalue weighted by Gasteiger charge is 2.30. The predicted octanol–water partition coefficient (Wildman–Crippen LogP) is -2.60. The number of fused-ring (bicyclic) bond motifs is 2. The Bertz CT molecular complexity index is 1350. The molecular weight excluding hydrogens is 436 g/mol. The maximum atomic E-state index is 12.6. The molecule has 31 heavy (non-hydrogen) atoms. The van der Waals surface area contributed by atoms with Gasteiger partial charge in [0.1, 0.15) is 18.3 Å². The van der Waals surface area contributed by atoms with Crippen molar-refractivity contribution in [3.05, 3.63) is 44.1 Å². The van der Waals surface area contributed by atoms with Gasteiger partial charge in [0.25, 0.3) is 5.56 Å². The van der Waals surface area contributed by atoms with E-state index in [1.54, 1.807) is 26.0 Å². The Morgan fingerprint density at radius 3 is 2.23 bits per heavy atom. The Morgan fingerprint density at radius 2 is 1.65 bits per heavy atom. The topological polar surface area (TPSA) is 205 Å². The minimum Gasteiger partial charge on any atom is -0.394 e. The summed E-state index contributed by atoms with van der Waals surface area (Å²) in [5.74, 6) is -0.407. The molecule has 1 aromatic rings. The van der Waals surface area contributed by atoms with E-state index >= 15 is 0 Å². The zero-order valence-electron chi connectivity index (χ0n) is 16.4. The van der Waals surface area contributed by atoms with Crippen molar-refractivity contribution < 1.29 is 33.4 Å². The lowest BCUT2D eigenvalue weighted by Crippen LogP contribution is -2.44. The highest BCUT2D eigenvalue weighted by Crippen LogP contribution is 2.24. The number of aliphatic hydroxyl groups is 4. The van der Waals surface area contributed by atoms with Crippen LogP contribution in [0.25, 0.3) is 22.6 Å². The van der Waals surface area contributed by atoms with Gasteiger partial charge in [-0.25, -0.2) is 9.78 Å². The first kappa shape index (κ1) is 22.9. The van der Waals surface area contributed by atoms with Crippen molar-refractivity contribution in [1.82, 2.24) is 18.5 Å². The first-order chi connectivity index (χ1) is 14.4. The molecule has 0 amide bonds. The fraction of sp³-hybridized carbons (Fsp3) is 0.412. The standard InChI is InChI=1S/C17H20N4O9S/c1-7-3-9-10(4-8(7)2)20(5-11(23)14(25)12(24)6-22)15-13(18-9)16(26)21(17(27)19-15)31(28,29)30/h3-4,11-12,14,22-25H,5-6H2,1-2H3,(H,28,29,30). The summed E-state index contributed by atoms with van der Waals surface area (Å²) in [6.45, 7) is 2.20. The van der Waals surface area contributed by atoms with Crippen molar-refractivity contribution in [2.24, 2.45) is 0 Å². The van der Waals surface area contributed by atoms with E-state index < -0.39 is 68.5 Å². The second kappa shape index (κ2) is 8.07. The average molecular weight is 456 g/mol. The molecule has 0 saturated carbocycles. The molecule has 0 bridgehead atoms. The summed E-state index contributed by atoms with van der Waals surface area (Å²) in [6.07, 6.45) is -5.13. The number of aromatic nitrogens is 4. The fourth-order valence-corrected chi connectivity index (χ4v) is 3.66. The van der Waals surface area contributed by atoms with Gasteiger partial charge in [0.2, 0.25) is 0 Å². The van der Waals surface area contributed by atoms with Crippen LogP contribution < -0.4 is 11.2 Å². The van der Waals surface area contributed by atoms with Crippen LogP contribution in [-0.2, 0) is 16.8 Å². The minimum atomic E-state index is -5.26. The van der Waals surface area contributed by atoms with Crippen LogP contribution >= 0.6 is 0 Å². The Labute approximate surface area is 174 Å². The Balaban J connectivity index is 2.40. The van der Waals surface area contributed by atoms with E-state index in [-0.39, 0.29) is 11.0 Å². The molecule has 3 atom stereocenters. The summed E-state index contributed by atoms with van der Waals surface area (Å²) < 4.78 is 32.9. The van der Waals surface area contributed by atoms with Crippen molar-refractivity contribution in [2.45, 2.75) is 38.7 Å². The molecule has 3 rings (SSSR count). The molecule has 13 nitrogen and oxygen atoms in total. The molecule has 1 aromatic carbocycles. The van der Waals surface area contributed by atoms with Gasteiger partial charge in [-0.3, -0.25) is 9.35 Å². The monoisotopic (exact) mass is 456 g/mol. The first-order valence-corrected chi connectivity index (χ1v) is 10.3. The summed E-state index contributed by atoms with van der Waals surface area (Å²) in [6, 6.07) is 3.20. The summed E-state index contributed by atoms with van der Waals surface area (Å²) in [5, 5.41) is 38.9. The van der Waals surface area contributed by atoms with Gasteiger partial charge in [0.15, 0.2) is 11.5 Å². The van der Waals surface area contributed by atoms with E-state index in [0.717, 1.165) is 11.1 Å². The molecule has 0 saturated heterocycles. The highest BCUT2D eigenvalue weighted by molar-refractivity contribution is 7.84. The Morgan fingerprint density at radius 1 is 1.03 bits per heavy atom. The average Bonchev–Trinajstić information content (AvgIpc) is 2.67. The third-order valence-electron chi connectivity index (χ3n) is 4.92. The second-order valence-corrected chi connectivity index (χ2v) is 8.33. The van der Waals surface area contributed by atoms with E-state index in [9.17, 15) is 37.9 Å². The minimum absolute atomic E-state index is 0.180. The van der Waals surface area contributed by atoms with Crippen LogP contribution in [0.3, 0.4) is 0 Å². The molecule has 0 aromatic heterocycles. The van der Waals surface area contributed by atoms with E-state index in [1.807, 2.05) is 0 Å². The number of benzene rings is 1. The van der Waals surface area contributed by atoms with Crippen LogP contribution in [0, 0.1) is 13.8 Å². The van der Waals surface area contributed by atoms with Crippen LogP contribution in [0.5, 0.6) is 0 Å². The van der Waals surface area contributed by atoms with Gasteiger partial charge in [-0.2, -0.15) is 13.4 Å². The third kappa shape index (κ3) is 4.08. The smallest absolute Gasteiger partial charge is 0.370 e. The normalized spacial score (nSPS) is 15.3. The van der Waals surface area contributed by atoms with Crippen LogP contribution in [0.2, 0.25) is 0 Å². The summed E-state index contributed by atoms with van der Waals surface area (Å²) >= 11 is 0. The summed E-state index contributed by atoms with van der Waals surface area (Å²) in [5.41, 5.74) is -1.61. The van der Waals surface area contributed by atoms with Crippen molar-refractivity contribution in [2.75, 3.05) is 6.61 Å². The fourth-order valence-electron chi connectivity index (χ4n) is 3.13. The first-order valence-electron chi connectivity index (χ1n) is 8.94. The second-order valence-electron chi connectivity index (χ2n) is 7.07. The van der Waals surface area contributed by atoms with E-state index in [4.69, 9.17) is 5.11 Å². The van der Waals surface area contributed by atoms with Gasteiger partial charge < -0.3 is 25.0 Å². The predicted molar refractivity (Wildman–Crippen MR) is 106 cm³/mol. The third-order valence-corrected chi connectivity index (χ3v) is 5.70. The Hall–Kier alpha value is -2.75. The molecule has 2 aliphatic rings. The summed E-state index contributed by atoms with van der Waals surface area (Å²) in [7, 11) is -5.26. The number of hydrogen-bond donors (Lipinski definition) is 5. The largest absolute Gasteiger partial charge is 0.394 e. The molecule has 2 heterocycles. The van der Waals surface area contributed by atoms with Crippen LogP contribution in [0.4, 0.5) is 0 Å². The molecule has 0 spiro atoms. The van der Waals surface area contributed by atoms with Crippen LogP contribution in [0.1, 0.15) is 11.1 Å². The number of aryl methyl sites for hydroxylation is 2. The lowest BCUT2D eigenvalue weighted by Gasteiger charge is -2.25. The molecule has 5 N–H and O–H groups in total. The van der Waals surface area contributed by atoms with Crippen molar-refractivity contribution in [1.29, 1.82) is 0 Å². The molecule has 2 aliphatic heterocycles. The van der Waals surface area contributed by atoms with E-state index in [2.05, 4.69) is 9.97 Å². The number of rotatable bonds is 6. The maximum Gasteiger partial charge on any atom is 0.370 e. The van der Waals surface area contributed by atoms with Gasteiger partial charge in [-0.05, 0) is 37.1 Å². The van der Waals surface area contributed by atoms with Gasteiger partial charge in [-0.1, -0.05) is 0 Å². The zero-order chi connectivity index (χ0) is 23.2. The van der Waals surface area contributed by atoms with E-state index in [0.29, 0.717) is 0 Å². The van der Waals surface area contributed by atoms with Gasteiger partial charge in [-0.15, -0.1) is 3.97 Å². The Kier molecular flexibility index (Phi) is 5.96. The molecule has 3 unspecified atom stereocenters. The van der Waals surface area contributed by atoms with Crippen molar-refractivity contribution >= 4 is 21.3 Å². The quantitative estimate of drug-likeness (QED) is 0.192. The molecule has 14 heteroatoms. The SMILES string of the molecule is Cc1cc2nc3c(=O)n(S(=O)(=O)O)c(=O)nc-3n(CC(O)C(O)C(O)CO)c2cc1C. The van der Waals surface area contributed by atoms with Gasteiger partial charge in [0.05, 0.1) is 24.2 Å². The van der Waals surface area contributed by atoms with Crippen molar-refractivity contribution in [3.63, 3.8) is 0 Å². The molecule has 0 fully saturated rings. The molecule has 0 radical (unpaired) electrons. The van der Waals surface area contributed by atoms with Crippen molar-refractivity contribution in [3.8, 4) is 11.5 Å². The number of nitrogens with zero attached hydrogens (tertiary/aromatic N) is 4. The van der Waals surface area contributed by atoms with Gasteiger partial charge >= 0.3 is 16.0 Å². The maximum absolute atomic E-state index is 12.6. The molecule has 168 valence electrons. The van der Waals surface area contributed by atoms with Crippen LogP contribution in [-0.4, -0.2) is 76.8 Å². The zero-order valence-corrected chi connectivity index (χ0v) is 17.2. The molecular formula is C17H20N4O9S. The highest BCUT2D eigenvalue weighted by atomic mass is 32.2. The van der Waals surface area contributed by atoms with Crippen LogP contribution in [0.15, 0.2) is 21.7 Å². The summed E-state index contributed by atoms with van der Waals surface area (Å²) in [4.78, 5) is 32.5. The lowest BCUT2D eigenvalue weighted by atomic mass is 10.1. The van der Waals surface area contributed by atoms with E-state index in [1.165, 1.54) is 4.57 Å². The van der Waals surface area contributed by atoms with Gasteiger partial charge in [0, 0.05) is 0 Å².